The van der Waals surface area contributed by atoms with Gasteiger partial charge < -0.3 is 5.11 Å². The molecule has 2 atom stereocenters. The summed E-state index contributed by atoms with van der Waals surface area (Å²) in [5.74, 6) is -1.33. The lowest BCUT2D eigenvalue weighted by Gasteiger charge is -2.25. The summed E-state index contributed by atoms with van der Waals surface area (Å²) in [6.07, 6.45) is 2.76. The third-order valence-electron chi connectivity index (χ3n) is 2.29. The lowest BCUT2D eigenvalue weighted by atomic mass is 9.87. The fourth-order valence-electron chi connectivity index (χ4n) is 1.70. The highest BCUT2D eigenvalue weighted by Crippen LogP contribution is 2.27. The predicted molar refractivity (Wildman–Crippen MR) is 49.3 cm³/mol. The standard InChI is InChI=1S/C8H14O5S/c1-14(11,12)13-7-4-2-3-6(5-7)8(9)10/h6-7H,2-5H2,1H3,(H,9,10)/t6-,7+/m0/s1. The molecule has 1 aliphatic rings. The average molecular weight is 222 g/mol. The van der Waals surface area contributed by atoms with Crippen molar-refractivity contribution in [2.24, 2.45) is 5.92 Å². The van der Waals surface area contributed by atoms with Crippen LogP contribution in [-0.2, 0) is 19.1 Å². The SMILES string of the molecule is CS(=O)(=O)O[C@@H]1CCC[C@H](C(=O)O)C1. The van der Waals surface area contributed by atoms with Crippen molar-refractivity contribution in [1.82, 2.24) is 0 Å². The Morgan fingerprint density at radius 1 is 1.43 bits per heavy atom. The Morgan fingerprint density at radius 2 is 2.07 bits per heavy atom. The maximum Gasteiger partial charge on any atom is 0.306 e. The molecule has 0 spiro atoms. The van der Waals surface area contributed by atoms with E-state index in [1.54, 1.807) is 0 Å². The minimum Gasteiger partial charge on any atom is -0.481 e. The van der Waals surface area contributed by atoms with Gasteiger partial charge in [0.25, 0.3) is 10.1 Å². The Labute approximate surface area is 83.2 Å². The molecule has 82 valence electrons. The maximum absolute atomic E-state index is 10.8. The van der Waals surface area contributed by atoms with Crippen molar-refractivity contribution >= 4 is 16.1 Å². The zero-order valence-electron chi connectivity index (χ0n) is 7.97. The van der Waals surface area contributed by atoms with Gasteiger partial charge in [0.15, 0.2) is 0 Å². The molecule has 0 heterocycles. The summed E-state index contributed by atoms with van der Waals surface area (Å²) >= 11 is 0. The first-order valence-electron chi connectivity index (χ1n) is 4.49. The van der Waals surface area contributed by atoms with Crippen LogP contribution in [0.25, 0.3) is 0 Å². The highest BCUT2D eigenvalue weighted by molar-refractivity contribution is 7.86. The lowest BCUT2D eigenvalue weighted by Crippen LogP contribution is -2.29. The van der Waals surface area contributed by atoms with E-state index in [-0.39, 0.29) is 0 Å². The van der Waals surface area contributed by atoms with E-state index in [2.05, 4.69) is 0 Å². The molecule has 0 saturated heterocycles. The fourth-order valence-corrected chi connectivity index (χ4v) is 2.37. The molecule has 0 bridgehead atoms. The number of carboxylic acids is 1. The van der Waals surface area contributed by atoms with Gasteiger partial charge in [-0.2, -0.15) is 8.42 Å². The van der Waals surface area contributed by atoms with Crippen molar-refractivity contribution < 1.29 is 22.5 Å². The first-order chi connectivity index (χ1) is 6.38. The summed E-state index contributed by atoms with van der Waals surface area (Å²) < 4.78 is 26.4. The van der Waals surface area contributed by atoms with Crippen LogP contribution in [0.4, 0.5) is 0 Å². The molecule has 14 heavy (non-hydrogen) atoms. The molecule has 6 heteroatoms. The van der Waals surface area contributed by atoms with Crippen LogP contribution in [0.5, 0.6) is 0 Å². The van der Waals surface area contributed by atoms with Crippen molar-refractivity contribution in [1.29, 1.82) is 0 Å². The van der Waals surface area contributed by atoms with E-state index in [0.29, 0.717) is 25.7 Å². The number of carboxylic acid groups (broad SMARTS) is 1. The van der Waals surface area contributed by atoms with Gasteiger partial charge in [0, 0.05) is 0 Å². The Balaban J connectivity index is 2.52. The van der Waals surface area contributed by atoms with Crippen molar-refractivity contribution in [2.45, 2.75) is 31.8 Å². The van der Waals surface area contributed by atoms with E-state index in [1.165, 1.54) is 0 Å². The molecule has 0 radical (unpaired) electrons. The van der Waals surface area contributed by atoms with Crippen LogP contribution in [0.3, 0.4) is 0 Å². The quantitative estimate of drug-likeness (QED) is 0.707. The fraction of sp³-hybridized carbons (Fsp3) is 0.875. The van der Waals surface area contributed by atoms with Gasteiger partial charge in [-0.1, -0.05) is 0 Å². The minimum atomic E-state index is -3.47. The van der Waals surface area contributed by atoms with Crippen LogP contribution < -0.4 is 0 Å². The molecule has 1 fully saturated rings. The Morgan fingerprint density at radius 3 is 2.57 bits per heavy atom. The molecule has 0 aromatic rings. The third-order valence-corrected chi connectivity index (χ3v) is 2.91. The average Bonchev–Trinajstić information content (AvgIpc) is 2.01. The highest BCUT2D eigenvalue weighted by atomic mass is 32.2. The Hall–Kier alpha value is -0.620. The molecule has 1 saturated carbocycles. The zero-order valence-corrected chi connectivity index (χ0v) is 8.79. The van der Waals surface area contributed by atoms with Gasteiger partial charge in [-0.15, -0.1) is 0 Å². The molecule has 0 unspecified atom stereocenters. The van der Waals surface area contributed by atoms with Crippen LogP contribution in [0, 0.1) is 5.92 Å². The number of rotatable bonds is 3. The van der Waals surface area contributed by atoms with Crippen LogP contribution in [0.1, 0.15) is 25.7 Å². The summed E-state index contributed by atoms with van der Waals surface area (Å²) in [7, 11) is -3.47. The molecule has 1 N–H and O–H groups in total. The summed E-state index contributed by atoms with van der Waals surface area (Å²) in [5.41, 5.74) is 0. The van der Waals surface area contributed by atoms with Gasteiger partial charge in [0.2, 0.25) is 0 Å². The van der Waals surface area contributed by atoms with E-state index in [1.807, 2.05) is 0 Å². The third kappa shape index (κ3) is 3.63. The number of hydrogen-bond acceptors (Lipinski definition) is 4. The number of carbonyl (C=O) groups is 1. The molecule has 5 nitrogen and oxygen atoms in total. The maximum atomic E-state index is 10.8. The molecule has 1 rings (SSSR count). The molecule has 0 amide bonds. The normalized spacial score (nSPS) is 28.6. The summed E-state index contributed by atoms with van der Waals surface area (Å²) in [5, 5.41) is 8.75. The van der Waals surface area contributed by atoms with E-state index in [0.717, 1.165) is 6.26 Å². The largest absolute Gasteiger partial charge is 0.481 e. The second-order valence-electron chi connectivity index (χ2n) is 3.62. The molecule has 0 aliphatic heterocycles. The highest BCUT2D eigenvalue weighted by Gasteiger charge is 2.29. The van der Waals surface area contributed by atoms with Gasteiger partial charge >= 0.3 is 5.97 Å². The summed E-state index contributed by atoms with van der Waals surface area (Å²) in [6.45, 7) is 0. The second kappa shape index (κ2) is 4.27. The van der Waals surface area contributed by atoms with E-state index in [9.17, 15) is 13.2 Å². The van der Waals surface area contributed by atoms with Crippen LogP contribution in [-0.4, -0.2) is 31.9 Å². The van der Waals surface area contributed by atoms with E-state index >= 15 is 0 Å². The van der Waals surface area contributed by atoms with Gasteiger partial charge in [-0.3, -0.25) is 8.98 Å². The predicted octanol–water partition coefficient (Wildman–Crippen LogP) is 0.606. The van der Waals surface area contributed by atoms with Gasteiger partial charge in [0.1, 0.15) is 0 Å². The Kier molecular flexibility index (Phi) is 3.49. The van der Waals surface area contributed by atoms with Gasteiger partial charge in [-0.05, 0) is 25.7 Å². The second-order valence-corrected chi connectivity index (χ2v) is 5.22. The number of aliphatic carboxylic acids is 1. The first kappa shape index (κ1) is 11.5. The zero-order chi connectivity index (χ0) is 10.8. The van der Waals surface area contributed by atoms with Gasteiger partial charge in [0.05, 0.1) is 18.3 Å². The van der Waals surface area contributed by atoms with Crippen LogP contribution in [0.2, 0.25) is 0 Å². The lowest BCUT2D eigenvalue weighted by molar-refractivity contribution is -0.143. The van der Waals surface area contributed by atoms with Crippen LogP contribution in [0.15, 0.2) is 0 Å². The molecule has 0 aromatic carbocycles. The van der Waals surface area contributed by atoms with Crippen molar-refractivity contribution in [3.63, 3.8) is 0 Å². The topological polar surface area (TPSA) is 80.7 Å². The smallest absolute Gasteiger partial charge is 0.306 e. The van der Waals surface area contributed by atoms with Crippen molar-refractivity contribution in [3.05, 3.63) is 0 Å². The minimum absolute atomic E-state index is 0.294. The molecule has 0 aromatic heterocycles. The van der Waals surface area contributed by atoms with Crippen molar-refractivity contribution in [3.8, 4) is 0 Å². The van der Waals surface area contributed by atoms with E-state index in [4.69, 9.17) is 9.29 Å². The van der Waals surface area contributed by atoms with Gasteiger partial charge in [-0.25, -0.2) is 0 Å². The Bertz CT molecular complexity index is 308. The van der Waals surface area contributed by atoms with E-state index < -0.39 is 28.1 Å². The summed E-state index contributed by atoms with van der Waals surface area (Å²) in [4.78, 5) is 10.7. The molecule has 1 aliphatic carbocycles. The molecular formula is C8H14O5S. The monoisotopic (exact) mass is 222 g/mol. The van der Waals surface area contributed by atoms with Crippen LogP contribution >= 0.6 is 0 Å². The first-order valence-corrected chi connectivity index (χ1v) is 6.31. The molecular weight excluding hydrogens is 208 g/mol. The summed E-state index contributed by atoms with van der Waals surface area (Å²) in [6, 6.07) is 0. The van der Waals surface area contributed by atoms with Crippen molar-refractivity contribution in [2.75, 3.05) is 6.26 Å². The number of hydrogen-bond donors (Lipinski definition) is 1.